The van der Waals surface area contributed by atoms with Crippen molar-refractivity contribution in [3.8, 4) is 0 Å². The number of benzene rings is 1. The maximum atomic E-state index is 12.6. The predicted octanol–water partition coefficient (Wildman–Crippen LogP) is 1.01. The van der Waals surface area contributed by atoms with E-state index >= 15 is 0 Å². The minimum absolute atomic E-state index is 0.0538. The molecule has 0 aromatic heterocycles. The fraction of sp³-hybridized carbons (Fsp3) is 0.364. The third-order valence-corrected chi connectivity index (χ3v) is 1.99. The van der Waals surface area contributed by atoms with E-state index < -0.39 is 0 Å². The van der Waals surface area contributed by atoms with Gasteiger partial charge in [-0.05, 0) is 24.1 Å². The van der Waals surface area contributed by atoms with Crippen molar-refractivity contribution >= 4 is 6.03 Å². The molecule has 0 atom stereocenters. The van der Waals surface area contributed by atoms with E-state index in [4.69, 9.17) is 5.11 Å². The standard InChI is InChI=1S/C11H15FN2O2/c12-10-4-2-9(3-5-10)8-14-11(16)13-6-1-7-15/h2-5,15H,1,6-8H2,(H2,13,14,16). The zero-order valence-electron chi connectivity index (χ0n) is 8.87. The van der Waals surface area contributed by atoms with Crippen LogP contribution in [0.15, 0.2) is 24.3 Å². The summed E-state index contributed by atoms with van der Waals surface area (Å²) < 4.78 is 12.6. The first kappa shape index (κ1) is 12.4. The quantitative estimate of drug-likeness (QED) is 0.656. The van der Waals surface area contributed by atoms with Crippen LogP contribution in [0, 0.1) is 5.82 Å². The van der Waals surface area contributed by atoms with Crippen LogP contribution in [0.5, 0.6) is 0 Å². The minimum atomic E-state index is -0.295. The molecule has 16 heavy (non-hydrogen) atoms. The van der Waals surface area contributed by atoms with Crippen LogP contribution in [0.3, 0.4) is 0 Å². The zero-order chi connectivity index (χ0) is 11.8. The molecule has 88 valence electrons. The topological polar surface area (TPSA) is 61.4 Å². The van der Waals surface area contributed by atoms with Gasteiger partial charge in [-0.15, -0.1) is 0 Å². The highest BCUT2D eigenvalue weighted by Gasteiger charge is 1.99. The van der Waals surface area contributed by atoms with Gasteiger partial charge in [0.1, 0.15) is 5.82 Å². The average molecular weight is 226 g/mol. The number of nitrogens with one attached hydrogen (secondary N) is 2. The summed E-state index contributed by atoms with van der Waals surface area (Å²) in [4.78, 5) is 11.2. The van der Waals surface area contributed by atoms with Gasteiger partial charge in [0.2, 0.25) is 0 Å². The summed E-state index contributed by atoms with van der Waals surface area (Å²) in [5, 5.41) is 13.7. The maximum Gasteiger partial charge on any atom is 0.315 e. The van der Waals surface area contributed by atoms with Gasteiger partial charge in [0.05, 0.1) is 0 Å². The lowest BCUT2D eigenvalue weighted by molar-refractivity contribution is 0.238. The molecule has 0 unspecified atom stereocenters. The third-order valence-electron chi connectivity index (χ3n) is 1.99. The van der Waals surface area contributed by atoms with E-state index in [0.29, 0.717) is 19.5 Å². The van der Waals surface area contributed by atoms with Gasteiger partial charge in [-0.2, -0.15) is 0 Å². The first-order valence-electron chi connectivity index (χ1n) is 5.09. The lowest BCUT2D eigenvalue weighted by Crippen LogP contribution is -2.35. The van der Waals surface area contributed by atoms with E-state index in [9.17, 15) is 9.18 Å². The van der Waals surface area contributed by atoms with Crippen LogP contribution < -0.4 is 10.6 Å². The highest BCUT2D eigenvalue weighted by atomic mass is 19.1. The fourth-order valence-corrected chi connectivity index (χ4v) is 1.13. The van der Waals surface area contributed by atoms with Gasteiger partial charge in [-0.1, -0.05) is 12.1 Å². The van der Waals surface area contributed by atoms with Crippen molar-refractivity contribution in [3.05, 3.63) is 35.6 Å². The monoisotopic (exact) mass is 226 g/mol. The van der Waals surface area contributed by atoms with E-state index in [1.807, 2.05) is 0 Å². The number of halogens is 1. The van der Waals surface area contributed by atoms with E-state index in [1.54, 1.807) is 12.1 Å². The summed E-state index contributed by atoms with van der Waals surface area (Å²) >= 11 is 0. The Kier molecular flexibility index (Phi) is 5.28. The molecule has 4 nitrogen and oxygen atoms in total. The lowest BCUT2D eigenvalue weighted by Gasteiger charge is -2.06. The van der Waals surface area contributed by atoms with Crippen LogP contribution >= 0.6 is 0 Å². The van der Waals surface area contributed by atoms with Crippen molar-refractivity contribution < 1.29 is 14.3 Å². The molecule has 0 heterocycles. The summed E-state index contributed by atoms with van der Waals surface area (Å²) in [5.41, 5.74) is 0.832. The Labute approximate surface area is 93.5 Å². The molecule has 3 N–H and O–H groups in total. The number of hydrogen-bond donors (Lipinski definition) is 3. The Morgan fingerprint density at radius 3 is 2.56 bits per heavy atom. The van der Waals surface area contributed by atoms with Crippen molar-refractivity contribution in [2.45, 2.75) is 13.0 Å². The Morgan fingerprint density at radius 1 is 1.25 bits per heavy atom. The fourth-order valence-electron chi connectivity index (χ4n) is 1.13. The number of hydrogen-bond acceptors (Lipinski definition) is 2. The van der Waals surface area contributed by atoms with E-state index in [1.165, 1.54) is 12.1 Å². The van der Waals surface area contributed by atoms with Crippen LogP contribution in [0.2, 0.25) is 0 Å². The molecular formula is C11H15FN2O2. The van der Waals surface area contributed by atoms with Gasteiger partial charge in [0, 0.05) is 19.7 Å². The first-order chi connectivity index (χ1) is 7.72. The molecule has 1 rings (SSSR count). The van der Waals surface area contributed by atoms with Gasteiger partial charge in [0.25, 0.3) is 0 Å². The summed E-state index contributed by atoms with van der Waals surface area (Å²) in [7, 11) is 0. The maximum absolute atomic E-state index is 12.6. The summed E-state index contributed by atoms with van der Waals surface area (Å²) in [6.45, 7) is 0.842. The van der Waals surface area contributed by atoms with E-state index in [-0.39, 0.29) is 18.5 Å². The van der Waals surface area contributed by atoms with Gasteiger partial charge in [0.15, 0.2) is 0 Å². The highest BCUT2D eigenvalue weighted by molar-refractivity contribution is 5.73. The molecule has 0 aliphatic rings. The van der Waals surface area contributed by atoms with E-state index in [2.05, 4.69) is 10.6 Å². The lowest BCUT2D eigenvalue weighted by atomic mass is 10.2. The Bertz CT molecular complexity index is 327. The number of amides is 2. The molecule has 0 fully saturated rings. The van der Waals surface area contributed by atoms with Gasteiger partial charge >= 0.3 is 6.03 Å². The van der Waals surface area contributed by atoms with Crippen LogP contribution in [0.4, 0.5) is 9.18 Å². The van der Waals surface area contributed by atoms with Gasteiger partial charge in [-0.25, -0.2) is 9.18 Å². The van der Waals surface area contributed by atoms with Crippen molar-refractivity contribution in [1.82, 2.24) is 10.6 Å². The molecule has 5 heteroatoms. The van der Waals surface area contributed by atoms with Crippen LogP contribution in [0.25, 0.3) is 0 Å². The number of rotatable bonds is 5. The molecule has 0 saturated carbocycles. The molecule has 0 spiro atoms. The number of carbonyl (C=O) groups excluding carboxylic acids is 1. The Hall–Kier alpha value is -1.62. The minimum Gasteiger partial charge on any atom is -0.396 e. The van der Waals surface area contributed by atoms with Crippen molar-refractivity contribution in [1.29, 1.82) is 0 Å². The van der Waals surface area contributed by atoms with Crippen LogP contribution in [-0.2, 0) is 6.54 Å². The molecule has 0 aliphatic heterocycles. The molecule has 0 aliphatic carbocycles. The predicted molar refractivity (Wildman–Crippen MR) is 58.3 cm³/mol. The summed E-state index contributed by atoms with van der Waals surface area (Å²) in [6, 6.07) is 5.63. The molecule has 2 amide bonds. The Balaban J connectivity index is 2.23. The largest absolute Gasteiger partial charge is 0.396 e. The van der Waals surface area contributed by atoms with Crippen LogP contribution in [-0.4, -0.2) is 24.3 Å². The third kappa shape index (κ3) is 4.75. The Morgan fingerprint density at radius 2 is 1.94 bits per heavy atom. The molecular weight excluding hydrogens is 211 g/mol. The van der Waals surface area contributed by atoms with Crippen molar-refractivity contribution in [2.24, 2.45) is 0 Å². The van der Waals surface area contributed by atoms with Gasteiger partial charge < -0.3 is 15.7 Å². The molecule has 1 aromatic carbocycles. The van der Waals surface area contributed by atoms with Crippen molar-refractivity contribution in [2.75, 3.05) is 13.2 Å². The number of aliphatic hydroxyl groups is 1. The molecule has 0 saturated heterocycles. The number of urea groups is 1. The average Bonchev–Trinajstić information content (AvgIpc) is 2.29. The smallest absolute Gasteiger partial charge is 0.315 e. The SMILES string of the molecule is O=C(NCCCO)NCc1ccc(F)cc1. The molecule has 0 bridgehead atoms. The van der Waals surface area contributed by atoms with Crippen LogP contribution in [0.1, 0.15) is 12.0 Å². The second-order valence-electron chi connectivity index (χ2n) is 3.31. The first-order valence-corrected chi connectivity index (χ1v) is 5.09. The number of aliphatic hydroxyl groups excluding tert-OH is 1. The summed E-state index contributed by atoms with van der Waals surface area (Å²) in [6.07, 6.45) is 0.532. The summed E-state index contributed by atoms with van der Waals surface area (Å²) in [5.74, 6) is -0.295. The molecule has 0 radical (unpaired) electrons. The van der Waals surface area contributed by atoms with Gasteiger partial charge in [-0.3, -0.25) is 0 Å². The number of carbonyl (C=O) groups is 1. The van der Waals surface area contributed by atoms with E-state index in [0.717, 1.165) is 5.56 Å². The second kappa shape index (κ2) is 6.79. The highest BCUT2D eigenvalue weighted by Crippen LogP contribution is 2.01. The van der Waals surface area contributed by atoms with Crippen molar-refractivity contribution in [3.63, 3.8) is 0 Å². The molecule has 1 aromatic rings. The normalized spacial score (nSPS) is 9.88. The zero-order valence-corrected chi connectivity index (χ0v) is 8.87. The second-order valence-corrected chi connectivity index (χ2v) is 3.31.